The van der Waals surface area contributed by atoms with Crippen LogP contribution in [0.4, 0.5) is 5.69 Å². The third-order valence-corrected chi connectivity index (χ3v) is 4.20. The van der Waals surface area contributed by atoms with Crippen LogP contribution < -0.4 is 4.90 Å². The molecule has 0 fully saturated rings. The van der Waals surface area contributed by atoms with E-state index in [2.05, 4.69) is 30.9 Å². The van der Waals surface area contributed by atoms with Crippen molar-refractivity contribution in [2.75, 3.05) is 11.4 Å². The highest BCUT2D eigenvalue weighted by molar-refractivity contribution is 9.10. The smallest absolute Gasteiger partial charge is 0.260 e. The van der Waals surface area contributed by atoms with E-state index in [0.29, 0.717) is 17.6 Å². The van der Waals surface area contributed by atoms with E-state index in [1.807, 2.05) is 24.4 Å². The van der Waals surface area contributed by atoms with Gasteiger partial charge in [-0.2, -0.15) is 0 Å². The maximum Gasteiger partial charge on any atom is 0.260 e. The number of pyridine rings is 1. The molecule has 0 spiro atoms. The van der Waals surface area contributed by atoms with Crippen molar-refractivity contribution >= 4 is 38.6 Å². The molecule has 0 saturated heterocycles. The average molecular weight is 343 g/mol. The second-order valence-electron chi connectivity index (χ2n) is 4.96. The third-order valence-electron chi connectivity index (χ3n) is 3.74. The number of anilines is 1. The Balaban J connectivity index is 1.83. The zero-order valence-corrected chi connectivity index (χ0v) is 12.6. The first-order chi connectivity index (χ1) is 10.2. The number of amides is 1. The van der Waals surface area contributed by atoms with Crippen LogP contribution in [0.1, 0.15) is 15.9 Å². The second kappa shape index (κ2) is 4.66. The molecule has 0 radical (unpaired) electrons. The van der Waals surface area contributed by atoms with E-state index in [1.54, 1.807) is 17.4 Å². The summed E-state index contributed by atoms with van der Waals surface area (Å²) in [5.74, 6) is -0.0293. The SMILES string of the molecule is O=C(c1cc(Br)cc2[nH]cnc12)N1CCc2cnccc21. The molecular formula is C15H11BrN4O. The molecule has 1 aliphatic heterocycles. The molecule has 0 aliphatic carbocycles. The van der Waals surface area contributed by atoms with Crippen molar-refractivity contribution in [2.24, 2.45) is 0 Å². The highest BCUT2D eigenvalue weighted by Crippen LogP contribution is 2.30. The number of nitrogens with zero attached hydrogens (tertiary/aromatic N) is 3. The van der Waals surface area contributed by atoms with E-state index in [4.69, 9.17) is 0 Å². The van der Waals surface area contributed by atoms with Crippen molar-refractivity contribution in [1.29, 1.82) is 0 Å². The topological polar surface area (TPSA) is 61.9 Å². The van der Waals surface area contributed by atoms with Gasteiger partial charge in [0.15, 0.2) is 0 Å². The Labute approximate surface area is 129 Å². The minimum absolute atomic E-state index is 0.0293. The van der Waals surface area contributed by atoms with Gasteiger partial charge in [-0.15, -0.1) is 0 Å². The number of fused-ring (bicyclic) bond motifs is 2. The van der Waals surface area contributed by atoms with E-state index in [1.165, 1.54) is 0 Å². The summed E-state index contributed by atoms with van der Waals surface area (Å²) in [6.45, 7) is 0.679. The minimum atomic E-state index is -0.0293. The number of carbonyl (C=O) groups is 1. The summed E-state index contributed by atoms with van der Waals surface area (Å²) < 4.78 is 0.858. The van der Waals surface area contributed by atoms with Crippen LogP contribution in [-0.2, 0) is 6.42 Å². The number of aromatic amines is 1. The molecule has 104 valence electrons. The standard InChI is InChI=1S/C15H11BrN4O/c16-10-5-11(14-12(6-10)18-8-19-14)15(21)20-4-2-9-7-17-3-1-13(9)20/h1,3,5-8H,2,4H2,(H,18,19). The van der Waals surface area contributed by atoms with Gasteiger partial charge in [-0.3, -0.25) is 9.78 Å². The Kier molecular flexibility index (Phi) is 2.78. The number of hydrogen-bond acceptors (Lipinski definition) is 3. The van der Waals surface area contributed by atoms with E-state index in [0.717, 1.165) is 27.7 Å². The summed E-state index contributed by atoms with van der Waals surface area (Å²) in [6, 6.07) is 5.63. The van der Waals surface area contributed by atoms with Gasteiger partial charge in [0.1, 0.15) is 5.52 Å². The van der Waals surface area contributed by atoms with Gasteiger partial charge < -0.3 is 9.88 Å². The van der Waals surface area contributed by atoms with Crippen molar-refractivity contribution in [3.63, 3.8) is 0 Å². The summed E-state index contributed by atoms with van der Waals surface area (Å²) in [7, 11) is 0. The lowest BCUT2D eigenvalue weighted by molar-refractivity contribution is 0.0991. The van der Waals surface area contributed by atoms with Gasteiger partial charge in [-0.05, 0) is 30.2 Å². The number of nitrogens with one attached hydrogen (secondary N) is 1. The van der Waals surface area contributed by atoms with Crippen LogP contribution in [0.3, 0.4) is 0 Å². The quantitative estimate of drug-likeness (QED) is 0.739. The first-order valence-corrected chi connectivity index (χ1v) is 7.41. The first kappa shape index (κ1) is 12.5. The minimum Gasteiger partial charge on any atom is -0.345 e. The summed E-state index contributed by atoms with van der Waals surface area (Å²) >= 11 is 3.45. The number of H-pyrrole nitrogens is 1. The van der Waals surface area contributed by atoms with Gasteiger partial charge in [0.2, 0.25) is 0 Å². The van der Waals surface area contributed by atoms with Crippen LogP contribution in [0.2, 0.25) is 0 Å². The fourth-order valence-electron chi connectivity index (χ4n) is 2.76. The van der Waals surface area contributed by atoms with Crippen molar-refractivity contribution in [2.45, 2.75) is 6.42 Å². The van der Waals surface area contributed by atoms with Gasteiger partial charge in [-0.25, -0.2) is 4.98 Å². The molecule has 21 heavy (non-hydrogen) atoms. The lowest BCUT2D eigenvalue weighted by Crippen LogP contribution is -2.29. The Hall–Kier alpha value is -2.21. The number of rotatable bonds is 1. The molecule has 0 saturated carbocycles. The lowest BCUT2D eigenvalue weighted by atomic mass is 10.1. The number of imidazole rings is 1. The van der Waals surface area contributed by atoms with Crippen molar-refractivity contribution in [3.05, 3.63) is 52.5 Å². The summed E-state index contributed by atoms with van der Waals surface area (Å²) in [6.07, 6.45) is 5.99. The molecule has 6 heteroatoms. The maximum atomic E-state index is 12.9. The fourth-order valence-corrected chi connectivity index (χ4v) is 3.22. The molecule has 4 rings (SSSR count). The predicted molar refractivity (Wildman–Crippen MR) is 83.4 cm³/mol. The Morgan fingerprint density at radius 1 is 1.38 bits per heavy atom. The molecule has 0 unspecified atom stereocenters. The average Bonchev–Trinajstić information content (AvgIpc) is 3.11. The normalized spacial score (nSPS) is 13.7. The van der Waals surface area contributed by atoms with Crippen LogP contribution in [0.5, 0.6) is 0 Å². The van der Waals surface area contributed by atoms with Crippen LogP contribution in [-0.4, -0.2) is 27.4 Å². The number of carbonyl (C=O) groups excluding carboxylic acids is 1. The highest BCUT2D eigenvalue weighted by atomic mass is 79.9. The molecule has 0 atom stereocenters. The Bertz CT molecular complexity index is 858. The first-order valence-electron chi connectivity index (χ1n) is 6.61. The molecule has 1 aromatic carbocycles. The summed E-state index contributed by atoms with van der Waals surface area (Å²) in [5.41, 5.74) is 4.20. The third kappa shape index (κ3) is 1.94. The monoisotopic (exact) mass is 342 g/mol. The van der Waals surface area contributed by atoms with Crippen LogP contribution in [0, 0.1) is 0 Å². The number of hydrogen-bond donors (Lipinski definition) is 1. The highest BCUT2D eigenvalue weighted by Gasteiger charge is 2.27. The lowest BCUT2D eigenvalue weighted by Gasteiger charge is -2.17. The van der Waals surface area contributed by atoms with Gasteiger partial charge in [-0.1, -0.05) is 15.9 Å². The molecule has 0 bridgehead atoms. The van der Waals surface area contributed by atoms with Gasteiger partial charge >= 0.3 is 0 Å². The second-order valence-corrected chi connectivity index (χ2v) is 5.88. The number of aromatic nitrogens is 3. The van der Waals surface area contributed by atoms with E-state index < -0.39 is 0 Å². The molecule has 3 aromatic rings. The number of halogens is 1. The Morgan fingerprint density at radius 2 is 2.29 bits per heavy atom. The van der Waals surface area contributed by atoms with E-state index >= 15 is 0 Å². The van der Waals surface area contributed by atoms with Crippen LogP contribution >= 0.6 is 15.9 Å². The van der Waals surface area contributed by atoms with Crippen molar-refractivity contribution in [3.8, 4) is 0 Å². The largest absolute Gasteiger partial charge is 0.345 e. The number of benzene rings is 1. The molecule has 3 heterocycles. The Morgan fingerprint density at radius 3 is 3.19 bits per heavy atom. The van der Waals surface area contributed by atoms with Crippen LogP contribution in [0.25, 0.3) is 11.0 Å². The van der Waals surface area contributed by atoms with Gasteiger partial charge in [0, 0.05) is 23.4 Å². The molecule has 5 nitrogen and oxygen atoms in total. The molecule has 2 aromatic heterocycles. The predicted octanol–water partition coefficient (Wildman–Crippen LogP) is 2.92. The molecule has 1 amide bonds. The maximum absolute atomic E-state index is 12.9. The van der Waals surface area contributed by atoms with Crippen molar-refractivity contribution in [1.82, 2.24) is 15.0 Å². The van der Waals surface area contributed by atoms with Crippen LogP contribution in [0.15, 0.2) is 41.4 Å². The van der Waals surface area contributed by atoms with Gasteiger partial charge in [0.25, 0.3) is 5.91 Å². The van der Waals surface area contributed by atoms with E-state index in [9.17, 15) is 4.79 Å². The zero-order valence-electron chi connectivity index (χ0n) is 11.0. The fraction of sp³-hybridized carbons (Fsp3) is 0.133. The zero-order chi connectivity index (χ0) is 14.4. The van der Waals surface area contributed by atoms with Gasteiger partial charge in [0.05, 0.1) is 23.1 Å². The molecular weight excluding hydrogens is 332 g/mol. The molecule has 1 aliphatic rings. The summed E-state index contributed by atoms with van der Waals surface area (Å²) in [4.78, 5) is 26.1. The van der Waals surface area contributed by atoms with Crippen molar-refractivity contribution < 1.29 is 4.79 Å². The summed E-state index contributed by atoms with van der Waals surface area (Å²) in [5, 5.41) is 0. The molecule has 1 N–H and O–H groups in total. The van der Waals surface area contributed by atoms with E-state index in [-0.39, 0.29) is 5.91 Å².